The molecule has 0 aliphatic carbocycles. The molecule has 110 valence electrons. The first kappa shape index (κ1) is 15.0. The van der Waals surface area contributed by atoms with Gasteiger partial charge in [0.1, 0.15) is 6.17 Å². The summed E-state index contributed by atoms with van der Waals surface area (Å²) in [6.45, 7) is 7.12. The van der Waals surface area contributed by atoms with Crippen LogP contribution >= 0.6 is 0 Å². The third-order valence-electron chi connectivity index (χ3n) is 4.32. The van der Waals surface area contributed by atoms with E-state index in [9.17, 15) is 4.79 Å². The first-order valence-corrected chi connectivity index (χ1v) is 7.76. The number of nitrogens with one attached hydrogen (secondary N) is 1. The number of benzene rings is 1. The van der Waals surface area contributed by atoms with Crippen molar-refractivity contribution in [2.75, 3.05) is 6.54 Å². The summed E-state index contributed by atoms with van der Waals surface area (Å²) in [5, 5.41) is 3.54. The van der Waals surface area contributed by atoms with Crippen LogP contribution in [0, 0.1) is 0 Å². The van der Waals surface area contributed by atoms with Crippen molar-refractivity contribution in [3.05, 3.63) is 35.9 Å². The Labute approximate surface area is 122 Å². The van der Waals surface area contributed by atoms with Gasteiger partial charge in [-0.05, 0) is 25.3 Å². The zero-order chi connectivity index (χ0) is 14.6. The number of hydrogen-bond donors (Lipinski definition) is 1. The van der Waals surface area contributed by atoms with Gasteiger partial charge in [-0.3, -0.25) is 10.1 Å². The van der Waals surface area contributed by atoms with Gasteiger partial charge in [-0.15, -0.1) is 0 Å². The lowest BCUT2D eigenvalue weighted by Crippen LogP contribution is -2.43. The first-order valence-electron chi connectivity index (χ1n) is 7.76. The molecule has 0 radical (unpaired) electrons. The maximum absolute atomic E-state index is 12.7. The Morgan fingerprint density at radius 2 is 1.90 bits per heavy atom. The fourth-order valence-electron chi connectivity index (χ4n) is 2.79. The lowest BCUT2D eigenvalue weighted by Gasteiger charge is -2.24. The molecule has 3 heteroatoms. The van der Waals surface area contributed by atoms with Crippen LogP contribution in [0.3, 0.4) is 0 Å². The molecule has 1 saturated heterocycles. The van der Waals surface area contributed by atoms with Gasteiger partial charge in [0.25, 0.3) is 0 Å². The Morgan fingerprint density at radius 3 is 2.50 bits per heavy atom. The van der Waals surface area contributed by atoms with Crippen molar-refractivity contribution in [3.8, 4) is 0 Å². The van der Waals surface area contributed by atoms with E-state index in [1.54, 1.807) is 0 Å². The molecule has 1 aliphatic heterocycles. The predicted molar refractivity (Wildman–Crippen MR) is 82.3 cm³/mol. The third-order valence-corrected chi connectivity index (χ3v) is 4.32. The fraction of sp³-hybridized carbons (Fsp3) is 0.588. The minimum atomic E-state index is -0.424. The van der Waals surface area contributed by atoms with Gasteiger partial charge in [-0.2, -0.15) is 0 Å². The molecule has 2 unspecified atom stereocenters. The van der Waals surface area contributed by atoms with Gasteiger partial charge in [0.15, 0.2) is 0 Å². The van der Waals surface area contributed by atoms with Crippen molar-refractivity contribution >= 4 is 5.91 Å². The van der Waals surface area contributed by atoms with E-state index in [1.165, 1.54) is 18.4 Å². The molecule has 0 spiro atoms. The SMILES string of the molecule is CCCCCN1C(=O)C(C)(CC)NC1c1ccccc1. The van der Waals surface area contributed by atoms with E-state index in [0.29, 0.717) is 0 Å². The van der Waals surface area contributed by atoms with Crippen LogP contribution in [0.4, 0.5) is 0 Å². The number of nitrogens with zero attached hydrogens (tertiary/aromatic N) is 1. The minimum absolute atomic E-state index is 0.0190. The number of amides is 1. The quantitative estimate of drug-likeness (QED) is 0.806. The molecule has 20 heavy (non-hydrogen) atoms. The zero-order valence-corrected chi connectivity index (χ0v) is 12.9. The molecule has 1 aromatic carbocycles. The van der Waals surface area contributed by atoms with E-state index in [4.69, 9.17) is 0 Å². The van der Waals surface area contributed by atoms with Crippen molar-refractivity contribution in [3.63, 3.8) is 0 Å². The molecule has 2 atom stereocenters. The second-order valence-electron chi connectivity index (χ2n) is 5.85. The van der Waals surface area contributed by atoms with Gasteiger partial charge in [0.2, 0.25) is 5.91 Å². The maximum Gasteiger partial charge on any atom is 0.244 e. The van der Waals surface area contributed by atoms with E-state index >= 15 is 0 Å². The molecular formula is C17H26N2O. The maximum atomic E-state index is 12.7. The highest BCUT2D eigenvalue weighted by Crippen LogP contribution is 2.32. The summed E-state index contributed by atoms with van der Waals surface area (Å²) in [5.74, 6) is 0.241. The van der Waals surface area contributed by atoms with Crippen LogP contribution in [-0.2, 0) is 4.79 Å². The third kappa shape index (κ3) is 2.88. The van der Waals surface area contributed by atoms with Crippen molar-refractivity contribution in [1.29, 1.82) is 0 Å². The summed E-state index contributed by atoms with van der Waals surface area (Å²) in [7, 11) is 0. The van der Waals surface area contributed by atoms with Gasteiger partial charge in [0, 0.05) is 6.54 Å². The highest BCUT2D eigenvalue weighted by Gasteiger charge is 2.46. The highest BCUT2D eigenvalue weighted by atomic mass is 16.2. The molecule has 0 saturated carbocycles. The highest BCUT2D eigenvalue weighted by molar-refractivity contribution is 5.88. The van der Waals surface area contributed by atoms with E-state index in [0.717, 1.165) is 19.4 Å². The van der Waals surface area contributed by atoms with E-state index in [2.05, 4.69) is 31.3 Å². The van der Waals surface area contributed by atoms with Gasteiger partial charge < -0.3 is 4.90 Å². The second-order valence-corrected chi connectivity index (χ2v) is 5.85. The van der Waals surface area contributed by atoms with Gasteiger partial charge >= 0.3 is 0 Å². The molecule has 1 heterocycles. The Bertz CT molecular complexity index is 446. The lowest BCUT2D eigenvalue weighted by atomic mass is 9.99. The van der Waals surface area contributed by atoms with Gasteiger partial charge in [-0.25, -0.2) is 0 Å². The lowest BCUT2D eigenvalue weighted by molar-refractivity contribution is -0.133. The normalized spacial score (nSPS) is 26.2. The molecule has 1 N–H and O–H groups in total. The molecule has 0 aromatic heterocycles. The molecule has 3 nitrogen and oxygen atoms in total. The summed E-state index contributed by atoms with van der Waals surface area (Å²) >= 11 is 0. The zero-order valence-electron chi connectivity index (χ0n) is 12.9. The van der Waals surface area contributed by atoms with Crippen LogP contribution in [-0.4, -0.2) is 22.9 Å². The summed E-state index contributed by atoms with van der Waals surface area (Å²) < 4.78 is 0. The number of carbonyl (C=O) groups excluding carboxylic acids is 1. The molecule has 1 fully saturated rings. The predicted octanol–water partition coefficient (Wildman–Crippen LogP) is 3.48. The summed E-state index contributed by atoms with van der Waals surface area (Å²) in [4.78, 5) is 14.7. The second kappa shape index (κ2) is 6.40. The fourth-order valence-corrected chi connectivity index (χ4v) is 2.79. The molecule has 1 amide bonds. The van der Waals surface area contributed by atoms with Crippen molar-refractivity contribution in [2.45, 2.75) is 58.2 Å². The number of unbranched alkanes of at least 4 members (excludes halogenated alkanes) is 2. The van der Waals surface area contributed by atoms with Gasteiger partial charge in [0.05, 0.1) is 5.54 Å². The Balaban J connectivity index is 2.21. The van der Waals surface area contributed by atoms with E-state index in [1.807, 2.05) is 30.0 Å². The van der Waals surface area contributed by atoms with Crippen LogP contribution in [0.25, 0.3) is 0 Å². The standard InChI is InChI=1S/C17H26N2O/c1-4-6-10-13-19-15(14-11-8-7-9-12-14)18-17(3,5-2)16(19)20/h7-9,11-12,15,18H,4-6,10,13H2,1-3H3. The summed E-state index contributed by atoms with van der Waals surface area (Å²) in [6.07, 6.45) is 4.27. The van der Waals surface area contributed by atoms with E-state index in [-0.39, 0.29) is 12.1 Å². The van der Waals surface area contributed by atoms with Crippen LogP contribution in [0.15, 0.2) is 30.3 Å². The number of carbonyl (C=O) groups is 1. The van der Waals surface area contributed by atoms with Crippen molar-refractivity contribution in [1.82, 2.24) is 10.2 Å². The Morgan fingerprint density at radius 1 is 1.20 bits per heavy atom. The Kier molecular flexibility index (Phi) is 4.81. The van der Waals surface area contributed by atoms with Crippen LogP contribution in [0.1, 0.15) is 58.2 Å². The molecular weight excluding hydrogens is 248 g/mol. The smallest absolute Gasteiger partial charge is 0.244 e. The average molecular weight is 274 g/mol. The Hall–Kier alpha value is -1.35. The topological polar surface area (TPSA) is 32.3 Å². The largest absolute Gasteiger partial charge is 0.321 e. The van der Waals surface area contributed by atoms with Gasteiger partial charge in [-0.1, -0.05) is 57.0 Å². The van der Waals surface area contributed by atoms with Crippen LogP contribution < -0.4 is 5.32 Å². The number of rotatable bonds is 6. The number of hydrogen-bond acceptors (Lipinski definition) is 2. The van der Waals surface area contributed by atoms with E-state index < -0.39 is 5.54 Å². The molecule has 1 aliphatic rings. The molecule has 2 rings (SSSR count). The minimum Gasteiger partial charge on any atom is -0.321 e. The summed E-state index contributed by atoms with van der Waals surface area (Å²) in [5.41, 5.74) is 0.752. The summed E-state index contributed by atoms with van der Waals surface area (Å²) in [6, 6.07) is 10.3. The first-order chi connectivity index (χ1) is 9.62. The van der Waals surface area contributed by atoms with Crippen molar-refractivity contribution < 1.29 is 4.79 Å². The van der Waals surface area contributed by atoms with Crippen LogP contribution in [0.2, 0.25) is 0 Å². The van der Waals surface area contributed by atoms with Crippen LogP contribution in [0.5, 0.6) is 0 Å². The monoisotopic (exact) mass is 274 g/mol. The average Bonchev–Trinajstić information content (AvgIpc) is 2.74. The molecule has 0 bridgehead atoms. The molecule has 1 aromatic rings. The van der Waals surface area contributed by atoms with Crippen molar-refractivity contribution in [2.24, 2.45) is 0 Å².